The van der Waals surface area contributed by atoms with Crippen molar-refractivity contribution in [1.29, 1.82) is 0 Å². The highest BCUT2D eigenvalue weighted by Crippen LogP contribution is 2.37. The number of hydrogen-bond acceptors (Lipinski definition) is 4. The summed E-state index contributed by atoms with van der Waals surface area (Å²) in [6.45, 7) is 2.37. The number of rotatable bonds is 6. The van der Waals surface area contributed by atoms with Crippen LogP contribution in [0.2, 0.25) is 5.02 Å². The SMILES string of the molecule is CCOC(=O)c1cc(Cl)c(OCc2cccc3ccccc23)c(OC)c1. The van der Waals surface area contributed by atoms with Crippen LogP contribution < -0.4 is 9.47 Å². The molecule has 3 aromatic rings. The zero-order valence-electron chi connectivity index (χ0n) is 14.6. The predicted octanol–water partition coefficient (Wildman–Crippen LogP) is 5.26. The maximum Gasteiger partial charge on any atom is 0.338 e. The molecule has 3 rings (SSSR count). The quantitative estimate of drug-likeness (QED) is 0.555. The predicted molar refractivity (Wildman–Crippen MR) is 102 cm³/mol. The van der Waals surface area contributed by atoms with Gasteiger partial charge in [-0.2, -0.15) is 0 Å². The molecule has 0 spiro atoms. The van der Waals surface area contributed by atoms with Gasteiger partial charge < -0.3 is 14.2 Å². The molecule has 0 aromatic heterocycles. The Morgan fingerprint density at radius 1 is 1.08 bits per heavy atom. The fourth-order valence-electron chi connectivity index (χ4n) is 2.76. The van der Waals surface area contributed by atoms with Gasteiger partial charge >= 0.3 is 5.97 Å². The number of esters is 1. The van der Waals surface area contributed by atoms with Crippen molar-refractivity contribution in [2.75, 3.05) is 13.7 Å². The van der Waals surface area contributed by atoms with Crippen molar-refractivity contribution in [3.8, 4) is 11.5 Å². The van der Waals surface area contributed by atoms with Gasteiger partial charge in [0.15, 0.2) is 11.5 Å². The Bertz CT molecular complexity index is 931. The highest BCUT2D eigenvalue weighted by Gasteiger charge is 2.17. The van der Waals surface area contributed by atoms with Gasteiger partial charge in [0.2, 0.25) is 0 Å². The van der Waals surface area contributed by atoms with Crippen LogP contribution >= 0.6 is 11.6 Å². The minimum atomic E-state index is -0.451. The molecule has 5 heteroatoms. The lowest BCUT2D eigenvalue weighted by Crippen LogP contribution is -2.06. The first-order valence-corrected chi connectivity index (χ1v) is 8.66. The van der Waals surface area contributed by atoms with E-state index in [2.05, 4.69) is 18.2 Å². The molecule has 0 saturated heterocycles. The van der Waals surface area contributed by atoms with Crippen molar-refractivity contribution < 1.29 is 19.0 Å². The van der Waals surface area contributed by atoms with E-state index in [1.165, 1.54) is 13.2 Å². The Labute approximate surface area is 157 Å². The standard InChI is InChI=1S/C21H19ClO4/c1-3-25-21(23)16-11-18(22)20(19(12-16)24-2)26-13-15-9-6-8-14-7-4-5-10-17(14)15/h4-12H,3,13H2,1-2H3. The Kier molecular flexibility index (Phi) is 5.64. The van der Waals surface area contributed by atoms with Crippen LogP contribution in [0.5, 0.6) is 11.5 Å². The summed E-state index contributed by atoms with van der Waals surface area (Å²) in [4.78, 5) is 11.9. The number of carbonyl (C=O) groups is 1. The summed E-state index contributed by atoms with van der Waals surface area (Å²) in [6, 6.07) is 17.3. The molecule has 4 nitrogen and oxygen atoms in total. The average Bonchev–Trinajstić information content (AvgIpc) is 2.66. The summed E-state index contributed by atoms with van der Waals surface area (Å²) in [6.07, 6.45) is 0. The van der Waals surface area contributed by atoms with E-state index in [-0.39, 0.29) is 6.61 Å². The van der Waals surface area contributed by atoms with E-state index in [0.29, 0.717) is 28.7 Å². The maximum absolute atomic E-state index is 11.9. The number of hydrogen-bond donors (Lipinski definition) is 0. The van der Waals surface area contributed by atoms with E-state index >= 15 is 0 Å². The van der Waals surface area contributed by atoms with E-state index < -0.39 is 5.97 Å². The minimum absolute atomic E-state index is 0.290. The van der Waals surface area contributed by atoms with Crippen LogP contribution in [0.25, 0.3) is 10.8 Å². The second kappa shape index (κ2) is 8.11. The number of carbonyl (C=O) groups excluding carboxylic acids is 1. The van der Waals surface area contributed by atoms with E-state index in [1.54, 1.807) is 13.0 Å². The summed E-state index contributed by atoms with van der Waals surface area (Å²) in [5, 5.41) is 2.56. The van der Waals surface area contributed by atoms with E-state index in [4.69, 9.17) is 25.8 Å². The second-order valence-electron chi connectivity index (χ2n) is 5.64. The van der Waals surface area contributed by atoms with Gasteiger partial charge in [-0.05, 0) is 35.4 Å². The van der Waals surface area contributed by atoms with Gasteiger partial charge in [0.25, 0.3) is 0 Å². The van der Waals surface area contributed by atoms with Crippen molar-refractivity contribution in [1.82, 2.24) is 0 Å². The zero-order chi connectivity index (χ0) is 18.5. The summed E-state index contributed by atoms with van der Waals surface area (Å²) in [5.74, 6) is 0.337. The lowest BCUT2D eigenvalue weighted by Gasteiger charge is -2.15. The summed E-state index contributed by atoms with van der Waals surface area (Å²) < 4.78 is 16.3. The Morgan fingerprint density at radius 3 is 2.62 bits per heavy atom. The number of methoxy groups -OCH3 is 1. The molecule has 134 valence electrons. The summed E-state index contributed by atoms with van der Waals surface area (Å²) >= 11 is 6.33. The number of fused-ring (bicyclic) bond motifs is 1. The number of halogens is 1. The van der Waals surface area contributed by atoms with Crippen LogP contribution in [0.3, 0.4) is 0 Å². The monoisotopic (exact) mass is 370 g/mol. The smallest absolute Gasteiger partial charge is 0.338 e. The first kappa shape index (κ1) is 18.1. The Morgan fingerprint density at radius 2 is 1.85 bits per heavy atom. The van der Waals surface area contributed by atoms with Crippen molar-refractivity contribution in [3.05, 3.63) is 70.7 Å². The van der Waals surface area contributed by atoms with Crippen molar-refractivity contribution >= 4 is 28.3 Å². The van der Waals surface area contributed by atoms with Gasteiger partial charge in [-0.1, -0.05) is 54.1 Å². The van der Waals surface area contributed by atoms with Crippen molar-refractivity contribution in [3.63, 3.8) is 0 Å². The third kappa shape index (κ3) is 3.75. The Hall–Kier alpha value is -2.72. The van der Waals surface area contributed by atoms with Gasteiger partial charge in [0, 0.05) is 0 Å². The molecule has 0 N–H and O–H groups in total. The van der Waals surface area contributed by atoms with Gasteiger partial charge in [0.1, 0.15) is 6.61 Å². The lowest BCUT2D eigenvalue weighted by molar-refractivity contribution is 0.0526. The molecule has 3 aromatic carbocycles. The first-order valence-electron chi connectivity index (χ1n) is 8.28. The molecule has 0 unspecified atom stereocenters. The highest BCUT2D eigenvalue weighted by atomic mass is 35.5. The molecule has 26 heavy (non-hydrogen) atoms. The van der Waals surface area contributed by atoms with E-state index in [0.717, 1.165) is 16.3 Å². The fraction of sp³-hybridized carbons (Fsp3) is 0.190. The molecule has 0 aliphatic heterocycles. The normalized spacial score (nSPS) is 10.6. The summed E-state index contributed by atoms with van der Waals surface area (Å²) in [5.41, 5.74) is 1.36. The van der Waals surface area contributed by atoms with Crippen molar-refractivity contribution in [2.24, 2.45) is 0 Å². The molecule has 0 aliphatic carbocycles. The van der Waals surface area contributed by atoms with Gasteiger partial charge in [0.05, 0.1) is 24.3 Å². The molecule has 0 aliphatic rings. The molecule has 0 heterocycles. The molecule has 0 amide bonds. The maximum atomic E-state index is 11.9. The molecular formula is C21H19ClO4. The van der Waals surface area contributed by atoms with Gasteiger partial charge in [-0.15, -0.1) is 0 Å². The average molecular weight is 371 g/mol. The molecule has 0 radical (unpaired) electrons. The molecule has 0 fully saturated rings. The fourth-order valence-corrected chi connectivity index (χ4v) is 3.03. The minimum Gasteiger partial charge on any atom is -0.493 e. The molecule has 0 bridgehead atoms. The number of benzene rings is 3. The summed E-state index contributed by atoms with van der Waals surface area (Å²) in [7, 11) is 1.51. The third-order valence-electron chi connectivity index (χ3n) is 3.99. The first-order chi connectivity index (χ1) is 12.6. The zero-order valence-corrected chi connectivity index (χ0v) is 15.4. The molecular weight excluding hydrogens is 352 g/mol. The second-order valence-corrected chi connectivity index (χ2v) is 6.04. The van der Waals surface area contributed by atoms with Crippen LogP contribution in [-0.4, -0.2) is 19.7 Å². The third-order valence-corrected chi connectivity index (χ3v) is 4.27. The molecule has 0 atom stereocenters. The molecule has 0 saturated carbocycles. The van der Waals surface area contributed by atoms with Crippen LogP contribution in [0, 0.1) is 0 Å². The van der Waals surface area contributed by atoms with Gasteiger partial charge in [-0.25, -0.2) is 4.79 Å². The van der Waals surface area contributed by atoms with Crippen molar-refractivity contribution in [2.45, 2.75) is 13.5 Å². The van der Waals surface area contributed by atoms with Crippen LogP contribution in [0.1, 0.15) is 22.8 Å². The number of ether oxygens (including phenoxy) is 3. The van der Waals surface area contributed by atoms with E-state index in [1.807, 2.05) is 24.3 Å². The largest absolute Gasteiger partial charge is 0.493 e. The van der Waals surface area contributed by atoms with Gasteiger partial charge in [-0.3, -0.25) is 0 Å². The van der Waals surface area contributed by atoms with Crippen LogP contribution in [0.15, 0.2) is 54.6 Å². The highest BCUT2D eigenvalue weighted by molar-refractivity contribution is 6.32. The van der Waals surface area contributed by atoms with E-state index in [9.17, 15) is 4.79 Å². The topological polar surface area (TPSA) is 44.8 Å². The van der Waals surface area contributed by atoms with Crippen LogP contribution in [-0.2, 0) is 11.3 Å². The van der Waals surface area contributed by atoms with Crippen LogP contribution in [0.4, 0.5) is 0 Å². The lowest BCUT2D eigenvalue weighted by atomic mass is 10.1. The Balaban J connectivity index is 1.88.